The van der Waals surface area contributed by atoms with Gasteiger partial charge in [0.1, 0.15) is 18.0 Å². The second-order valence-electron chi connectivity index (χ2n) is 10.8. The van der Waals surface area contributed by atoms with Gasteiger partial charge in [-0.2, -0.15) is 0 Å². The van der Waals surface area contributed by atoms with E-state index in [0.717, 1.165) is 31.2 Å². The standard InChI is InChI=1S/C29H36FN5O3/c1-17-9-6-7-14-35(17)25(36)16-24(33-28(37)21-15-20(21)19-10-4-3-5-11-19)29(38)31-18(2)27-32-23-13-8-12-22(30)26(23)34-27/h3-5,8,10-13,17-18,20-21,24,27,32,34H,6-7,9,14-16H2,1-2H3,(H,31,38)(H,33,37)/t17-,18-,20-,21+,24-,27?/m0/s1. The molecule has 1 saturated heterocycles. The van der Waals surface area contributed by atoms with Gasteiger partial charge in [-0.15, -0.1) is 0 Å². The lowest BCUT2D eigenvalue weighted by Gasteiger charge is -2.34. The van der Waals surface area contributed by atoms with Crippen molar-refractivity contribution in [2.45, 2.75) is 76.2 Å². The number of para-hydroxylation sites is 1. The number of carbonyl (C=O) groups excluding carboxylic acids is 3. The highest BCUT2D eigenvalue weighted by Crippen LogP contribution is 2.47. The largest absolute Gasteiger partial charge is 0.362 e. The predicted octanol–water partition coefficient (Wildman–Crippen LogP) is 3.57. The van der Waals surface area contributed by atoms with E-state index in [0.29, 0.717) is 17.9 Å². The van der Waals surface area contributed by atoms with E-state index in [4.69, 9.17) is 0 Å². The molecule has 5 rings (SSSR count). The van der Waals surface area contributed by atoms with Crippen molar-refractivity contribution in [1.29, 1.82) is 0 Å². The Morgan fingerprint density at radius 1 is 1.05 bits per heavy atom. The first kappa shape index (κ1) is 26.0. The molecule has 8 nitrogen and oxygen atoms in total. The molecule has 1 aliphatic carbocycles. The number of rotatable bonds is 8. The minimum absolute atomic E-state index is 0.0995. The minimum Gasteiger partial charge on any atom is -0.362 e. The summed E-state index contributed by atoms with van der Waals surface area (Å²) in [7, 11) is 0. The number of hydrogen-bond donors (Lipinski definition) is 4. The molecule has 0 aromatic heterocycles. The van der Waals surface area contributed by atoms with Gasteiger partial charge in [0.25, 0.3) is 0 Å². The van der Waals surface area contributed by atoms with Crippen LogP contribution in [0.25, 0.3) is 0 Å². The van der Waals surface area contributed by atoms with E-state index in [1.165, 1.54) is 6.07 Å². The summed E-state index contributed by atoms with van der Waals surface area (Å²) in [4.78, 5) is 41.7. The van der Waals surface area contributed by atoms with Crippen LogP contribution in [0.15, 0.2) is 48.5 Å². The molecule has 9 heteroatoms. The minimum atomic E-state index is -0.996. The molecule has 6 atom stereocenters. The molecular formula is C29H36FN5O3. The van der Waals surface area contributed by atoms with E-state index < -0.39 is 24.2 Å². The molecule has 2 aromatic carbocycles. The van der Waals surface area contributed by atoms with Crippen LogP contribution in [-0.2, 0) is 14.4 Å². The topological polar surface area (TPSA) is 103 Å². The predicted molar refractivity (Wildman–Crippen MR) is 144 cm³/mol. The van der Waals surface area contributed by atoms with E-state index in [2.05, 4.69) is 21.3 Å². The molecule has 202 valence electrons. The molecular weight excluding hydrogens is 485 g/mol. The zero-order valence-electron chi connectivity index (χ0n) is 21.9. The monoisotopic (exact) mass is 521 g/mol. The summed E-state index contributed by atoms with van der Waals surface area (Å²) in [5.74, 6) is -1.24. The molecule has 2 aliphatic heterocycles. The Morgan fingerprint density at radius 2 is 1.84 bits per heavy atom. The van der Waals surface area contributed by atoms with Crippen LogP contribution in [0.4, 0.5) is 15.8 Å². The molecule has 2 aromatic rings. The number of carbonyl (C=O) groups is 3. The maximum atomic E-state index is 14.2. The zero-order chi connectivity index (χ0) is 26.8. The van der Waals surface area contributed by atoms with Gasteiger partial charge < -0.3 is 26.2 Å². The molecule has 3 amide bonds. The normalized spacial score (nSPS) is 25.3. The van der Waals surface area contributed by atoms with E-state index in [1.807, 2.05) is 42.2 Å². The van der Waals surface area contributed by atoms with Crippen LogP contribution in [0.3, 0.4) is 0 Å². The number of halogens is 1. The van der Waals surface area contributed by atoms with E-state index in [-0.39, 0.29) is 41.9 Å². The lowest BCUT2D eigenvalue weighted by atomic mass is 10.0. The number of amides is 3. The van der Waals surface area contributed by atoms with Crippen molar-refractivity contribution in [2.75, 3.05) is 17.2 Å². The maximum Gasteiger partial charge on any atom is 0.243 e. The second-order valence-corrected chi connectivity index (χ2v) is 10.8. The fraction of sp³-hybridized carbons (Fsp3) is 0.483. The molecule has 2 fully saturated rings. The molecule has 3 aliphatic rings. The van der Waals surface area contributed by atoms with Gasteiger partial charge in [0.2, 0.25) is 17.7 Å². The number of anilines is 2. The molecule has 0 radical (unpaired) electrons. The van der Waals surface area contributed by atoms with Crippen LogP contribution < -0.4 is 21.3 Å². The fourth-order valence-electron chi connectivity index (χ4n) is 5.61. The molecule has 1 unspecified atom stereocenters. The Bertz CT molecular complexity index is 1190. The van der Waals surface area contributed by atoms with Gasteiger partial charge in [0, 0.05) is 18.5 Å². The smallest absolute Gasteiger partial charge is 0.243 e. The molecule has 4 N–H and O–H groups in total. The molecule has 0 spiro atoms. The molecule has 2 heterocycles. The average molecular weight is 522 g/mol. The van der Waals surface area contributed by atoms with Gasteiger partial charge >= 0.3 is 0 Å². The summed E-state index contributed by atoms with van der Waals surface area (Å²) in [6.45, 7) is 4.49. The number of benzene rings is 2. The summed E-state index contributed by atoms with van der Waals surface area (Å²) in [6.07, 6.45) is 3.13. The summed E-state index contributed by atoms with van der Waals surface area (Å²) < 4.78 is 14.2. The third-order valence-corrected chi connectivity index (χ3v) is 7.98. The number of nitrogens with one attached hydrogen (secondary N) is 4. The van der Waals surface area contributed by atoms with Gasteiger partial charge in [-0.25, -0.2) is 4.39 Å². The van der Waals surface area contributed by atoms with Gasteiger partial charge in [-0.1, -0.05) is 36.4 Å². The van der Waals surface area contributed by atoms with Crippen molar-refractivity contribution in [2.24, 2.45) is 5.92 Å². The Hall–Kier alpha value is -3.62. The van der Waals surface area contributed by atoms with Gasteiger partial charge in [0.05, 0.1) is 23.8 Å². The van der Waals surface area contributed by atoms with Gasteiger partial charge in [-0.05, 0) is 63.1 Å². The summed E-state index contributed by atoms with van der Waals surface area (Å²) in [5.41, 5.74) is 2.08. The van der Waals surface area contributed by atoms with Crippen LogP contribution in [0, 0.1) is 11.7 Å². The van der Waals surface area contributed by atoms with E-state index in [9.17, 15) is 18.8 Å². The summed E-state index contributed by atoms with van der Waals surface area (Å²) in [5, 5.41) is 12.1. The van der Waals surface area contributed by atoms with Crippen molar-refractivity contribution < 1.29 is 18.8 Å². The van der Waals surface area contributed by atoms with Crippen molar-refractivity contribution in [3.8, 4) is 0 Å². The van der Waals surface area contributed by atoms with Crippen molar-refractivity contribution in [3.05, 3.63) is 59.9 Å². The number of likely N-dealkylation sites (tertiary alicyclic amines) is 1. The fourth-order valence-corrected chi connectivity index (χ4v) is 5.61. The zero-order valence-corrected chi connectivity index (χ0v) is 21.9. The van der Waals surface area contributed by atoms with E-state index in [1.54, 1.807) is 19.1 Å². The lowest BCUT2D eigenvalue weighted by Crippen LogP contribution is -2.55. The first-order valence-corrected chi connectivity index (χ1v) is 13.6. The summed E-state index contributed by atoms with van der Waals surface area (Å²) in [6, 6.07) is 13.3. The molecule has 1 saturated carbocycles. The number of nitrogens with zero attached hydrogens (tertiary/aromatic N) is 1. The first-order chi connectivity index (χ1) is 18.3. The Morgan fingerprint density at radius 3 is 2.58 bits per heavy atom. The highest BCUT2D eigenvalue weighted by atomic mass is 19.1. The molecule has 38 heavy (non-hydrogen) atoms. The lowest BCUT2D eigenvalue weighted by molar-refractivity contribution is -0.138. The highest BCUT2D eigenvalue weighted by molar-refractivity contribution is 5.94. The number of hydrogen-bond acceptors (Lipinski definition) is 5. The maximum absolute atomic E-state index is 14.2. The second kappa shape index (κ2) is 11.0. The first-order valence-electron chi connectivity index (χ1n) is 13.6. The average Bonchev–Trinajstić information content (AvgIpc) is 3.59. The van der Waals surface area contributed by atoms with Crippen LogP contribution in [-0.4, -0.2) is 53.5 Å². The molecule has 0 bridgehead atoms. The number of piperidine rings is 1. The Kier molecular flexibility index (Phi) is 7.53. The highest BCUT2D eigenvalue weighted by Gasteiger charge is 2.45. The number of fused-ring (bicyclic) bond motifs is 1. The van der Waals surface area contributed by atoms with E-state index >= 15 is 0 Å². The third kappa shape index (κ3) is 5.61. The Balaban J connectivity index is 1.25. The van der Waals surface area contributed by atoms with Crippen molar-refractivity contribution in [3.63, 3.8) is 0 Å². The summed E-state index contributed by atoms with van der Waals surface area (Å²) >= 11 is 0. The van der Waals surface area contributed by atoms with Crippen LogP contribution >= 0.6 is 0 Å². The van der Waals surface area contributed by atoms with Gasteiger partial charge in [-0.3, -0.25) is 14.4 Å². The van der Waals surface area contributed by atoms with Crippen LogP contribution in [0.1, 0.15) is 57.4 Å². The van der Waals surface area contributed by atoms with Gasteiger partial charge in [0.15, 0.2) is 0 Å². The third-order valence-electron chi connectivity index (χ3n) is 7.98. The van der Waals surface area contributed by atoms with Crippen molar-refractivity contribution >= 4 is 29.1 Å². The Labute approximate surface area is 222 Å². The van der Waals surface area contributed by atoms with Crippen LogP contribution in [0.2, 0.25) is 0 Å². The van der Waals surface area contributed by atoms with Crippen LogP contribution in [0.5, 0.6) is 0 Å². The SMILES string of the molecule is C[C@H](NC(=O)[C@H](CC(=O)N1CCCC[C@@H]1C)NC(=O)[C@@H]1C[C@H]1c1ccccc1)C1Nc2cccc(F)c2N1. The van der Waals surface area contributed by atoms with Crippen molar-refractivity contribution in [1.82, 2.24) is 15.5 Å². The quantitative estimate of drug-likeness (QED) is 0.425.